The molecular formula is C7H8O4. The van der Waals surface area contributed by atoms with E-state index in [-0.39, 0.29) is 12.6 Å². The largest absolute Gasteiger partial charge is 0.295 e. The molecule has 4 nitrogen and oxygen atoms in total. The third kappa shape index (κ3) is 1.80. The van der Waals surface area contributed by atoms with Crippen molar-refractivity contribution in [1.29, 1.82) is 0 Å². The number of carbonyl (C=O) groups is 4. The Morgan fingerprint density at radius 1 is 1.00 bits per heavy atom. The van der Waals surface area contributed by atoms with E-state index >= 15 is 0 Å². The molecule has 0 aliphatic heterocycles. The first-order valence-corrected chi connectivity index (χ1v) is 2.96. The number of Topliss-reactive ketones (excluding diaryl/α,β-unsaturated/α-hetero) is 2. The van der Waals surface area contributed by atoms with Crippen molar-refractivity contribution in [1.82, 2.24) is 0 Å². The van der Waals surface area contributed by atoms with E-state index in [2.05, 4.69) is 0 Å². The van der Waals surface area contributed by atoms with Gasteiger partial charge in [-0.15, -0.1) is 0 Å². The van der Waals surface area contributed by atoms with Crippen molar-refractivity contribution in [3.05, 3.63) is 0 Å². The highest BCUT2D eigenvalue weighted by Crippen LogP contribution is 2.15. The second-order valence-corrected chi connectivity index (χ2v) is 2.59. The molecule has 0 N–H and O–H groups in total. The summed E-state index contributed by atoms with van der Waals surface area (Å²) in [4.78, 5) is 41.3. The van der Waals surface area contributed by atoms with E-state index < -0.39 is 17.0 Å². The molecule has 0 rings (SSSR count). The molecule has 0 bridgehead atoms. The van der Waals surface area contributed by atoms with Crippen molar-refractivity contribution in [2.45, 2.75) is 13.8 Å². The van der Waals surface area contributed by atoms with Crippen LogP contribution < -0.4 is 0 Å². The van der Waals surface area contributed by atoms with Gasteiger partial charge in [-0.05, 0) is 13.8 Å². The van der Waals surface area contributed by atoms with Crippen molar-refractivity contribution >= 4 is 24.1 Å². The zero-order chi connectivity index (χ0) is 9.07. The molecule has 0 aromatic rings. The van der Waals surface area contributed by atoms with Gasteiger partial charge < -0.3 is 0 Å². The summed E-state index contributed by atoms with van der Waals surface area (Å²) in [5.41, 5.74) is -1.50. The lowest BCUT2D eigenvalue weighted by molar-refractivity contribution is -0.145. The molecule has 0 atom stereocenters. The second kappa shape index (κ2) is 3.18. The van der Waals surface area contributed by atoms with Crippen LogP contribution in [-0.2, 0) is 19.2 Å². The van der Waals surface area contributed by atoms with Gasteiger partial charge in [-0.1, -0.05) is 0 Å². The van der Waals surface area contributed by atoms with Crippen molar-refractivity contribution < 1.29 is 19.2 Å². The monoisotopic (exact) mass is 156 g/mol. The number of hydrogen-bond acceptors (Lipinski definition) is 4. The quantitative estimate of drug-likeness (QED) is 0.314. The average molecular weight is 156 g/mol. The first-order valence-electron chi connectivity index (χ1n) is 2.96. The van der Waals surface area contributed by atoms with Crippen LogP contribution in [0.15, 0.2) is 0 Å². The summed E-state index contributed by atoms with van der Waals surface area (Å²) in [6, 6.07) is 0. The molecule has 0 aromatic carbocycles. The van der Waals surface area contributed by atoms with Crippen LogP contribution in [0.2, 0.25) is 0 Å². The van der Waals surface area contributed by atoms with Crippen LogP contribution >= 0.6 is 0 Å². The normalized spacial score (nSPS) is 10.4. The standard InChI is InChI=1S/C7H8O4/c1-7(2,5(10)3-8)6(11)4-9/h3-4H,1-2H3. The van der Waals surface area contributed by atoms with Crippen LogP contribution in [0, 0.1) is 5.41 Å². The fraction of sp³-hybridized carbons (Fsp3) is 0.429. The minimum Gasteiger partial charge on any atom is -0.295 e. The predicted molar refractivity (Wildman–Crippen MR) is 35.9 cm³/mol. The van der Waals surface area contributed by atoms with E-state index in [0.29, 0.717) is 0 Å². The SMILES string of the molecule is CC(C)(C(=O)C=O)C(=O)C=O. The van der Waals surface area contributed by atoms with Crippen LogP contribution in [0.1, 0.15) is 13.8 Å². The van der Waals surface area contributed by atoms with Crippen LogP contribution in [0.4, 0.5) is 0 Å². The summed E-state index contributed by atoms with van der Waals surface area (Å²) in [6.45, 7) is 2.47. The molecule has 0 radical (unpaired) electrons. The number of aldehydes is 2. The van der Waals surface area contributed by atoms with Crippen LogP contribution in [0.5, 0.6) is 0 Å². The average Bonchev–Trinajstić information content (AvgIpc) is 2.01. The summed E-state index contributed by atoms with van der Waals surface area (Å²) in [5, 5.41) is 0. The molecule has 0 fully saturated rings. The summed E-state index contributed by atoms with van der Waals surface area (Å²) in [7, 11) is 0. The Labute approximate surface area is 63.6 Å². The fourth-order valence-corrected chi connectivity index (χ4v) is 0.416. The third-order valence-corrected chi connectivity index (χ3v) is 1.45. The molecule has 4 heteroatoms. The van der Waals surface area contributed by atoms with Gasteiger partial charge in [-0.2, -0.15) is 0 Å². The molecule has 0 aliphatic carbocycles. The van der Waals surface area contributed by atoms with E-state index in [1.165, 1.54) is 13.8 Å². The lowest BCUT2D eigenvalue weighted by atomic mass is 9.84. The first-order chi connectivity index (χ1) is 4.96. The Morgan fingerprint density at radius 2 is 1.27 bits per heavy atom. The van der Waals surface area contributed by atoms with Crippen LogP contribution in [0.3, 0.4) is 0 Å². The zero-order valence-corrected chi connectivity index (χ0v) is 6.29. The highest BCUT2D eigenvalue weighted by atomic mass is 16.2. The van der Waals surface area contributed by atoms with Crippen LogP contribution in [-0.4, -0.2) is 24.1 Å². The Morgan fingerprint density at radius 3 is 1.45 bits per heavy atom. The highest BCUT2D eigenvalue weighted by Gasteiger charge is 2.34. The topological polar surface area (TPSA) is 68.3 Å². The van der Waals surface area contributed by atoms with E-state index in [4.69, 9.17) is 0 Å². The van der Waals surface area contributed by atoms with E-state index in [9.17, 15) is 19.2 Å². The maximum atomic E-state index is 10.7. The fourth-order valence-electron chi connectivity index (χ4n) is 0.416. The van der Waals surface area contributed by atoms with E-state index in [1.54, 1.807) is 0 Å². The minimum absolute atomic E-state index is 0.0431. The molecule has 0 saturated carbocycles. The Bertz CT molecular complexity index is 192. The van der Waals surface area contributed by atoms with Crippen molar-refractivity contribution in [3.8, 4) is 0 Å². The summed E-state index contributed by atoms with van der Waals surface area (Å²) >= 11 is 0. The van der Waals surface area contributed by atoms with Crippen molar-refractivity contribution in [3.63, 3.8) is 0 Å². The van der Waals surface area contributed by atoms with Gasteiger partial charge in [-0.3, -0.25) is 19.2 Å². The summed E-state index contributed by atoms with van der Waals surface area (Å²) in [6.07, 6.45) is 0.0861. The zero-order valence-electron chi connectivity index (χ0n) is 6.29. The number of rotatable bonds is 4. The molecule has 0 aromatic heterocycles. The minimum atomic E-state index is -1.50. The van der Waals surface area contributed by atoms with Gasteiger partial charge in [0.15, 0.2) is 12.6 Å². The molecule has 0 aliphatic rings. The summed E-state index contributed by atoms with van der Waals surface area (Å²) in [5.74, 6) is -1.76. The molecule has 11 heavy (non-hydrogen) atoms. The Kier molecular flexibility index (Phi) is 2.80. The lowest BCUT2D eigenvalue weighted by Crippen LogP contribution is -2.34. The van der Waals surface area contributed by atoms with Gasteiger partial charge in [0.25, 0.3) is 0 Å². The number of ketones is 2. The highest BCUT2D eigenvalue weighted by molar-refractivity contribution is 6.42. The smallest absolute Gasteiger partial charge is 0.208 e. The number of carbonyl (C=O) groups excluding carboxylic acids is 4. The summed E-state index contributed by atoms with van der Waals surface area (Å²) < 4.78 is 0. The van der Waals surface area contributed by atoms with E-state index in [0.717, 1.165) is 0 Å². The predicted octanol–water partition coefficient (Wildman–Crippen LogP) is -0.451. The van der Waals surface area contributed by atoms with Gasteiger partial charge in [0, 0.05) is 0 Å². The molecular weight excluding hydrogens is 148 g/mol. The lowest BCUT2D eigenvalue weighted by Gasteiger charge is -2.13. The molecule has 0 unspecified atom stereocenters. The van der Waals surface area contributed by atoms with Crippen LogP contribution in [0.25, 0.3) is 0 Å². The van der Waals surface area contributed by atoms with Gasteiger partial charge in [0.05, 0.1) is 5.41 Å². The molecule has 0 spiro atoms. The molecule has 0 amide bonds. The van der Waals surface area contributed by atoms with Crippen molar-refractivity contribution in [2.75, 3.05) is 0 Å². The van der Waals surface area contributed by atoms with Crippen molar-refractivity contribution in [2.24, 2.45) is 5.41 Å². The maximum absolute atomic E-state index is 10.7. The number of hydrogen-bond donors (Lipinski definition) is 0. The van der Waals surface area contributed by atoms with Gasteiger partial charge >= 0.3 is 0 Å². The molecule has 0 saturated heterocycles. The maximum Gasteiger partial charge on any atom is 0.208 e. The first kappa shape index (κ1) is 9.68. The van der Waals surface area contributed by atoms with Gasteiger partial charge in [0.1, 0.15) is 0 Å². The third-order valence-electron chi connectivity index (χ3n) is 1.45. The Hall–Kier alpha value is -1.32. The van der Waals surface area contributed by atoms with E-state index in [1.807, 2.05) is 0 Å². The Balaban J connectivity index is 4.70. The molecule has 0 heterocycles. The molecule has 60 valence electrons. The van der Waals surface area contributed by atoms with Gasteiger partial charge in [0.2, 0.25) is 11.6 Å². The second-order valence-electron chi connectivity index (χ2n) is 2.59. The van der Waals surface area contributed by atoms with Gasteiger partial charge in [-0.25, -0.2) is 0 Å².